The normalized spacial score (nSPS) is 14.3. The van der Waals surface area contributed by atoms with Crippen LogP contribution in [0.2, 0.25) is 10.0 Å². The van der Waals surface area contributed by atoms with E-state index in [0.29, 0.717) is 21.3 Å². The predicted molar refractivity (Wildman–Crippen MR) is 98.4 cm³/mol. The minimum absolute atomic E-state index is 0.148. The molecule has 0 atom stereocenters. The van der Waals surface area contributed by atoms with Gasteiger partial charge in [0.1, 0.15) is 5.69 Å². The maximum absolute atomic E-state index is 12.4. The van der Waals surface area contributed by atoms with Crippen molar-refractivity contribution in [3.05, 3.63) is 57.8 Å². The number of halogens is 2. The molecule has 0 unspecified atom stereocenters. The summed E-state index contributed by atoms with van der Waals surface area (Å²) in [5, 5.41) is 6.50. The molecule has 2 aromatic rings. The number of anilines is 1. The molecule has 0 spiro atoms. The zero-order valence-electron chi connectivity index (χ0n) is 13.4. The van der Waals surface area contributed by atoms with E-state index in [4.69, 9.17) is 23.2 Å². The van der Waals surface area contributed by atoms with Crippen molar-refractivity contribution in [1.82, 2.24) is 10.3 Å². The van der Waals surface area contributed by atoms with Crippen molar-refractivity contribution < 1.29 is 9.59 Å². The van der Waals surface area contributed by atoms with Crippen LogP contribution in [0.15, 0.2) is 36.5 Å². The van der Waals surface area contributed by atoms with E-state index in [1.165, 1.54) is 12.3 Å². The van der Waals surface area contributed by atoms with Gasteiger partial charge in [-0.15, -0.1) is 0 Å². The maximum atomic E-state index is 12.4. The second-order valence-corrected chi connectivity index (χ2v) is 6.87. The van der Waals surface area contributed by atoms with Crippen molar-refractivity contribution in [3.8, 4) is 0 Å². The van der Waals surface area contributed by atoms with Crippen molar-refractivity contribution in [2.45, 2.75) is 31.7 Å². The Hall–Kier alpha value is -2.11. The van der Waals surface area contributed by atoms with Crippen LogP contribution < -0.4 is 10.6 Å². The van der Waals surface area contributed by atoms with Crippen LogP contribution in [-0.2, 0) is 0 Å². The van der Waals surface area contributed by atoms with Gasteiger partial charge in [-0.25, -0.2) is 0 Å². The lowest BCUT2D eigenvalue weighted by molar-refractivity contribution is 0.0937. The summed E-state index contributed by atoms with van der Waals surface area (Å²) in [5.41, 5.74) is 1.02. The van der Waals surface area contributed by atoms with Gasteiger partial charge in [0.2, 0.25) is 0 Å². The highest BCUT2D eigenvalue weighted by molar-refractivity contribution is 6.35. The van der Waals surface area contributed by atoms with Gasteiger partial charge in [0, 0.05) is 33.5 Å². The van der Waals surface area contributed by atoms with Crippen molar-refractivity contribution in [2.24, 2.45) is 0 Å². The monoisotopic (exact) mass is 377 g/mol. The lowest BCUT2D eigenvalue weighted by atomic mass is 10.1. The summed E-state index contributed by atoms with van der Waals surface area (Å²) in [6, 6.07) is 8.03. The third-order valence-corrected chi connectivity index (χ3v) is 4.50. The Morgan fingerprint density at radius 2 is 1.68 bits per heavy atom. The summed E-state index contributed by atoms with van der Waals surface area (Å²) < 4.78 is 0. The largest absolute Gasteiger partial charge is 0.349 e. The number of nitrogens with one attached hydrogen (secondary N) is 2. The summed E-state index contributed by atoms with van der Waals surface area (Å²) in [6.45, 7) is 0. The Bertz CT molecular complexity index is 784. The van der Waals surface area contributed by atoms with Crippen molar-refractivity contribution in [3.63, 3.8) is 0 Å². The van der Waals surface area contributed by atoms with Crippen LogP contribution in [0.4, 0.5) is 5.69 Å². The number of carbonyl (C=O) groups is 2. The number of amides is 2. The van der Waals surface area contributed by atoms with Crippen LogP contribution in [0.1, 0.15) is 46.5 Å². The highest BCUT2D eigenvalue weighted by Crippen LogP contribution is 2.23. The van der Waals surface area contributed by atoms with E-state index < -0.39 is 5.91 Å². The van der Waals surface area contributed by atoms with Gasteiger partial charge in [0.25, 0.3) is 11.8 Å². The molecule has 7 heteroatoms. The van der Waals surface area contributed by atoms with Gasteiger partial charge < -0.3 is 10.6 Å². The molecule has 1 saturated carbocycles. The van der Waals surface area contributed by atoms with Gasteiger partial charge in [0.05, 0.1) is 0 Å². The summed E-state index contributed by atoms with van der Waals surface area (Å²) in [5.74, 6) is -0.622. The summed E-state index contributed by atoms with van der Waals surface area (Å²) >= 11 is 11.8. The fraction of sp³-hybridized carbons (Fsp3) is 0.278. The maximum Gasteiger partial charge on any atom is 0.274 e. The Labute approximate surface area is 155 Å². The fourth-order valence-corrected chi connectivity index (χ4v) is 3.38. The quantitative estimate of drug-likeness (QED) is 0.833. The SMILES string of the molecule is O=C(NC1CCCC1)c1ccnc(C(=O)Nc2cc(Cl)cc(Cl)c2)c1. The first-order valence-corrected chi connectivity index (χ1v) is 8.81. The Morgan fingerprint density at radius 1 is 1.00 bits per heavy atom. The van der Waals surface area contributed by atoms with Gasteiger partial charge in [0.15, 0.2) is 0 Å². The predicted octanol–water partition coefficient (Wildman–Crippen LogP) is 4.31. The van der Waals surface area contributed by atoms with Crippen LogP contribution in [0.5, 0.6) is 0 Å². The van der Waals surface area contributed by atoms with Gasteiger partial charge in [-0.05, 0) is 43.2 Å². The number of nitrogens with zero attached hydrogens (tertiary/aromatic N) is 1. The fourth-order valence-electron chi connectivity index (χ4n) is 2.86. The van der Waals surface area contributed by atoms with Gasteiger partial charge in [-0.1, -0.05) is 36.0 Å². The molecular formula is C18H17Cl2N3O2. The molecule has 1 aliphatic rings. The zero-order chi connectivity index (χ0) is 17.8. The van der Waals surface area contributed by atoms with Crippen LogP contribution in [0, 0.1) is 0 Å². The molecule has 25 heavy (non-hydrogen) atoms. The lowest BCUT2D eigenvalue weighted by Crippen LogP contribution is -2.32. The molecule has 2 N–H and O–H groups in total. The number of pyridine rings is 1. The molecule has 1 aliphatic carbocycles. The molecule has 1 aromatic carbocycles. The van der Waals surface area contributed by atoms with Gasteiger partial charge >= 0.3 is 0 Å². The molecule has 1 aromatic heterocycles. The van der Waals surface area contributed by atoms with E-state index in [9.17, 15) is 9.59 Å². The number of carbonyl (C=O) groups excluding carboxylic acids is 2. The lowest BCUT2D eigenvalue weighted by Gasteiger charge is -2.12. The third kappa shape index (κ3) is 4.71. The first kappa shape index (κ1) is 17.7. The summed E-state index contributed by atoms with van der Waals surface area (Å²) in [4.78, 5) is 28.7. The molecule has 0 radical (unpaired) electrons. The van der Waals surface area contributed by atoms with Gasteiger partial charge in [-0.2, -0.15) is 0 Å². The number of rotatable bonds is 4. The minimum atomic E-state index is -0.436. The number of benzene rings is 1. The molecule has 2 amide bonds. The Kier molecular flexibility index (Phi) is 5.56. The highest BCUT2D eigenvalue weighted by Gasteiger charge is 2.19. The second-order valence-electron chi connectivity index (χ2n) is 6.00. The Morgan fingerprint density at radius 3 is 2.36 bits per heavy atom. The molecule has 0 aliphatic heterocycles. The second kappa shape index (κ2) is 7.85. The average molecular weight is 378 g/mol. The molecule has 0 bridgehead atoms. The van der Waals surface area contributed by atoms with Crippen LogP contribution in [-0.4, -0.2) is 22.8 Å². The van der Waals surface area contributed by atoms with E-state index in [-0.39, 0.29) is 17.6 Å². The molecule has 1 fully saturated rings. The molecule has 0 saturated heterocycles. The van der Waals surface area contributed by atoms with Crippen molar-refractivity contribution in [2.75, 3.05) is 5.32 Å². The number of hydrogen-bond acceptors (Lipinski definition) is 3. The van der Waals surface area contributed by atoms with E-state index in [0.717, 1.165) is 25.7 Å². The molecule has 130 valence electrons. The zero-order valence-corrected chi connectivity index (χ0v) is 14.9. The van der Waals surface area contributed by atoms with E-state index in [1.54, 1.807) is 24.3 Å². The molecule has 1 heterocycles. The first-order valence-electron chi connectivity index (χ1n) is 8.05. The summed E-state index contributed by atoms with van der Waals surface area (Å²) in [7, 11) is 0. The average Bonchev–Trinajstić information content (AvgIpc) is 3.07. The topological polar surface area (TPSA) is 71.1 Å². The number of hydrogen-bond donors (Lipinski definition) is 2. The summed E-state index contributed by atoms with van der Waals surface area (Å²) in [6.07, 6.45) is 5.72. The van der Waals surface area contributed by atoms with E-state index in [1.807, 2.05) is 0 Å². The van der Waals surface area contributed by atoms with Crippen LogP contribution in [0.25, 0.3) is 0 Å². The number of aromatic nitrogens is 1. The Balaban J connectivity index is 1.71. The van der Waals surface area contributed by atoms with E-state index >= 15 is 0 Å². The minimum Gasteiger partial charge on any atom is -0.349 e. The third-order valence-electron chi connectivity index (χ3n) is 4.07. The standard InChI is InChI=1S/C18H17Cl2N3O2/c19-12-8-13(20)10-15(9-12)23-18(25)16-7-11(5-6-21-16)17(24)22-14-3-1-2-4-14/h5-10,14H,1-4H2,(H,22,24)(H,23,25). The van der Waals surface area contributed by atoms with E-state index in [2.05, 4.69) is 15.6 Å². The van der Waals surface area contributed by atoms with Crippen LogP contribution in [0.3, 0.4) is 0 Å². The van der Waals surface area contributed by atoms with Gasteiger partial charge in [-0.3, -0.25) is 14.6 Å². The molecule has 5 nitrogen and oxygen atoms in total. The molecular weight excluding hydrogens is 361 g/mol. The van der Waals surface area contributed by atoms with Crippen LogP contribution >= 0.6 is 23.2 Å². The van der Waals surface area contributed by atoms with Crippen molar-refractivity contribution >= 4 is 40.7 Å². The van der Waals surface area contributed by atoms with Crippen molar-refractivity contribution in [1.29, 1.82) is 0 Å². The molecule has 3 rings (SSSR count). The smallest absolute Gasteiger partial charge is 0.274 e. The first-order chi connectivity index (χ1) is 12.0. The highest BCUT2D eigenvalue weighted by atomic mass is 35.5.